The van der Waals surface area contributed by atoms with Crippen molar-refractivity contribution < 1.29 is 4.79 Å². The van der Waals surface area contributed by atoms with Crippen LogP contribution in [0.4, 0.5) is 11.5 Å². The van der Waals surface area contributed by atoms with Crippen molar-refractivity contribution >= 4 is 33.3 Å². The number of hydrogen-bond donors (Lipinski definition) is 2. The van der Waals surface area contributed by atoms with Crippen molar-refractivity contribution in [2.24, 2.45) is 0 Å². The maximum atomic E-state index is 12.1. The summed E-state index contributed by atoms with van der Waals surface area (Å²) in [5.41, 5.74) is 8.67. The summed E-state index contributed by atoms with van der Waals surface area (Å²) in [7, 11) is 0. The molecule has 5 heteroatoms. The fourth-order valence-electron chi connectivity index (χ4n) is 1.84. The van der Waals surface area contributed by atoms with E-state index in [4.69, 9.17) is 5.73 Å². The third kappa shape index (κ3) is 3.54. The summed E-state index contributed by atoms with van der Waals surface area (Å²) in [6.07, 6.45) is 0. The number of nitrogens with zero attached hydrogens (tertiary/aromatic N) is 1. The third-order valence-corrected chi connectivity index (χ3v) is 2.99. The molecule has 1 amide bonds. The number of carbonyl (C=O) groups excluding carboxylic acids is 1. The number of benzene rings is 1. The van der Waals surface area contributed by atoms with E-state index in [1.54, 1.807) is 19.1 Å². The van der Waals surface area contributed by atoms with Crippen molar-refractivity contribution in [2.45, 2.75) is 13.8 Å². The molecule has 0 aliphatic rings. The quantitative estimate of drug-likeness (QED) is 0.892. The predicted octanol–water partition coefficient (Wildman–Crippen LogP) is 3.30. The van der Waals surface area contributed by atoms with Gasteiger partial charge in [0.05, 0.1) is 0 Å². The highest BCUT2D eigenvalue weighted by Gasteiger charge is 2.08. The van der Waals surface area contributed by atoms with Crippen molar-refractivity contribution in [2.75, 3.05) is 11.1 Å². The monoisotopic (exact) mass is 319 g/mol. The molecule has 0 saturated heterocycles. The highest BCUT2D eigenvalue weighted by Crippen LogP contribution is 2.20. The minimum atomic E-state index is -0.199. The number of pyridine rings is 1. The van der Waals surface area contributed by atoms with Crippen LogP contribution in [0.3, 0.4) is 0 Å². The van der Waals surface area contributed by atoms with Gasteiger partial charge in [0.25, 0.3) is 5.91 Å². The zero-order valence-electron chi connectivity index (χ0n) is 10.7. The molecule has 2 aromatic rings. The van der Waals surface area contributed by atoms with E-state index in [0.29, 0.717) is 11.4 Å². The number of aryl methyl sites for hydroxylation is 2. The molecule has 0 atom stereocenters. The number of rotatable bonds is 2. The standard InChI is InChI=1S/C14H14BrN3O/c1-8-3-11(15)7-12(4-8)18-14(19)10-5-9(2)17-13(16)6-10/h3-7H,1-2H3,(H2,16,17)(H,18,19). The molecule has 0 radical (unpaired) electrons. The zero-order valence-corrected chi connectivity index (χ0v) is 12.3. The molecule has 0 fully saturated rings. The number of anilines is 2. The van der Waals surface area contributed by atoms with Gasteiger partial charge >= 0.3 is 0 Å². The molecule has 1 aromatic carbocycles. The maximum Gasteiger partial charge on any atom is 0.255 e. The Hall–Kier alpha value is -1.88. The first kappa shape index (κ1) is 13.5. The highest BCUT2D eigenvalue weighted by molar-refractivity contribution is 9.10. The van der Waals surface area contributed by atoms with Crippen LogP contribution in [0.2, 0.25) is 0 Å². The number of hydrogen-bond acceptors (Lipinski definition) is 3. The summed E-state index contributed by atoms with van der Waals surface area (Å²) in [6, 6.07) is 9.00. The van der Waals surface area contributed by atoms with Crippen LogP contribution in [0, 0.1) is 13.8 Å². The average Bonchev–Trinajstić information content (AvgIpc) is 2.25. The highest BCUT2D eigenvalue weighted by atomic mass is 79.9. The van der Waals surface area contributed by atoms with Crippen LogP contribution in [0.5, 0.6) is 0 Å². The van der Waals surface area contributed by atoms with Gasteiger partial charge in [-0.1, -0.05) is 15.9 Å². The first-order valence-electron chi connectivity index (χ1n) is 5.77. The summed E-state index contributed by atoms with van der Waals surface area (Å²) in [6.45, 7) is 3.77. The second kappa shape index (κ2) is 5.40. The summed E-state index contributed by atoms with van der Waals surface area (Å²) < 4.78 is 0.924. The number of aromatic nitrogens is 1. The molecule has 0 aliphatic heterocycles. The van der Waals surface area contributed by atoms with Crippen LogP contribution in [-0.2, 0) is 0 Å². The van der Waals surface area contributed by atoms with Gasteiger partial charge in [0.15, 0.2) is 0 Å². The Bertz CT molecular complexity index is 600. The number of nitrogens with one attached hydrogen (secondary N) is 1. The van der Waals surface area contributed by atoms with Crippen molar-refractivity contribution in [3.05, 3.63) is 51.6 Å². The van der Waals surface area contributed by atoms with Crippen LogP contribution in [0.25, 0.3) is 0 Å². The molecule has 1 heterocycles. The van der Waals surface area contributed by atoms with Crippen molar-refractivity contribution in [3.8, 4) is 0 Å². The molecule has 0 spiro atoms. The molecule has 19 heavy (non-hydrogen) atoms. The first-order valence-corrected chi connectivity index (χ1v) is 6.56. The molecule has 98 valence electrons. The molecule has 4 nitrogen and oxygen atoms in total. The summed E-state index contributed by atoms with van der Waals surface area (Å²) >= 11 is 3.40. The molecule has 0 saturated carbocycles. The van der Waals surface area contributed by atoms with Crippen LogP contribution in [-0.4, -0.2) is 10.9 Å². The predicted molar refractivity (Wildman–Crippen MR) is 80.2 cm³/mol. The van der Waals surface area contributed by atoms with Crippen LogP contribution >= 0.6 is 15.9 Å². The van der Waals surface area contributed by atoms with Crippen molar-refractivity contribution in [3.63, 3.8) is 0 Å². The largest absolute Gasteiger partial charge is 0.384 e. The molecule has 0 bridgehead atoms. The van der Waals surface area contributed by atoms with Crippen LogP contribution < -0.4 is 11.1 Å². The summed E-state index contributed by atoms with van der Waals surface area (Å²) in [5.74, 6) is 0.144. The molecular formula is C14H14BrN3O. The normalized spacial score (nSPS) is 10.3. The van der Waals surface area contributed by atoms with E-state index in [0.717, 1.165) is 21.4 Å². The average molecular weight is 320 g/mol. The third-order valence-electron chi connectivity index (χ3n) is 2.54. The van der Waals surface area contributed by atoms with E-state index < -0.39 is 0 Å². The number of amides is 1. The molecule has 0 unspecified atom stereocenters. The lowest BCUT2D eigenvalue weighted by molar-refractivity contribution is 0.102. The van der Waals surface area contributed by atoms with E-state index in [2.05, 4.69) is 26.2 Å². The Labute approximate surface area is 120 Å². The van der Waals surface area contributed by atoms with Gasteiger partial charge in [0.1, 0.15) is 5.82 Å². The minimum absolute atomic E-state index is 0.199. The van der Waals surface area contributed by atoms with E-state index >= 15 is 0 Å². The lowest BCUT2D eigenvalue weighted by Crippen LogP contribution is -2.13. The Balaban J connectivity index is 2.25. The zero-order chi connectivity index (χ0) is 14.0. The fraction of sp³-hybridized carbons (Fsp3) is 0.143. The molecule has 1 aromatic heterocycles. The van der Waals surface area contributed by atoms with Gasteiger partial charge in [-0.15, -0.1) is 0 Å². The van der Waals surface area contributed by atoms with E-state index in [1.165, 1.54) is 0 Å². The number of nitrogens with two attached hydrogens (primary N) is 1. The Morgan fingerprint density at radius 1 is 1.21 bits per heavy atom. The number of carbonyl (C=O) groups is 1. The van der Waals surface area contributed by atoms with Gasteiger partial charge in [-0.3, -0.25) is 4.79 Å². The minimum Gasteiger partial charge on any atom is -0.384 e. The first-order chi connectivity index (χ1) is 8.94. The lowest BCUT2D eigenvalue weighted by Gasteiger charge is -2.08. The smallest absolute Gasteiger partial charge is 0.255 e. The SMILES string of the molecule is Cc1cc(Br)cc(NC(=O)c2cc(C)nc(N)c2)c1. The topological polar surface area (TPSA) is 68.0 Å². The van der Waals surface area contributed by atoms with Gasteiger partial charge in [-0.05, 0) is 49.7 Å². The summed E-state index contributed by atoms with van der Waals surface area (Å²) in [4.78, 5) is 16.2. The maximum absolute atomic E-state index is 12.1. The van der Waals surface area contributed by atoms with Gasteiger partial charge in [0, 0.05) is 21.4 Å². The van der Waals surface area contributed by atoms with Gasteiger partial charge < -0.3 is 11.1 Å². The lowest BCUT2D eigenvalue weighted by atomic mass is 10.2. The van der Waals surface area contributed by atoms with E-state index in [1.807, 2.05) is 25.1 Å². The van der Waals surface area contributed by atoms with Gasteiger partial charge in [-0.25, -0.2) is 4.98 Å². The molecule has 2 rings (SSSR count). The van der Waals surface area contributed by atoms with Crippen molar-refractivity contribution in [1.29, 1.82) is 0 Å². The van der Waals surface area contributed by atoms with Gasteiger partial charge in [0.2, 0.25) is 0 Å². The van der Waals surface area contributed by atoms with Gasteiger partial charge in [-0.2, -0.15) is 0 Å². The molecule has 0 aliphatic carbocycles. The van der Waals surface area contributed by atoms with Crippen LogP contribution in [0.1, 0.15) is 21.6 Å². The Morgan fingerprint density at radius 2 is 1.95 bits per heavy atom. The fourth-order valence-corrected chi connectivity index (χ4v) is 2.44. The number of nitrogen functional groups attached to an aromatic ring is 1. The Kier molecular flexibility index (Phi) is 3.85. The van der Waals surface area contributed by atoms with Crippen LogP contribution in [0.15, 0.2) is 34.8 Å². The summed E-state index contributed by atoms with van der Waals surface area (Å²) in [5, 5.41) is 2.84. The van der Waals surface area contributed by atoms with Crippen molar-refractivity contribution in [1.82, 2.24) is 4.98 Å². The second-order valence-electron chi connectivity index (χ2n) is 4.39. The molecular weight excluding hydrogens is 306 g/mol. The second-order valence-corrected chi connectivity index (χ2v) is 5.31. The van der Waals surface area contributed by atoms with E-state index in [9.17, 15) is 4.79 Å². The number of halogens is 1. The Morgan fingerprint density at radius 3 is 2.58 bits per heavy atom. The van der Waals surface area contributed by atoms with E-state index in [-0.39, 0.29) is 5.91 Å². The molecule has 3 N–H and O–H groups in total.